The Balaban J connectivity index is 2.93. The van der Waals surface area contributed by atoms with Gasteiger partial charge < -0.3 is 14.7 Å². The van der Waals surface area contributed by atoms with Crippen LogP contribution in [0, 0.1) is 0 Å². The molecule has 0 aliphatic heterocycles. The Hall–Kier alpha value is -1.30. The lowest BCUT2D eigenvalue weighted by molar-refractivity contribution is -0.137. The van der Waals surface area contributed by atoms with Crippen molar-refractivity contribution >= 4 is 35.1 Å². The van der Waals surface area contributed by atoms with Crippen LogP contribution < -0.4 is 0 Å². The summed E-state index contributed by atoms with van der Waals surface area (Å²) in [5.41, 5.74) is 0.245. The largest absolute Gasteiger partial charge is 0.480 e. The average molecular weight is 306 g/mol. The molecule has 0 saturated carbocycles. The van der Waals surface area contributed by atoms with Gasteiger partial charge in [-0.05, 0) is 18.2 Å². The van der Waals surface area contributed by atoms with E-state index in [9.17, 15) is 9.59 Å². The van der Waals surface area contributed by atoms with Crippen LogP contribution in [0.5, 0.6) is 0 Å². The summed E-state index contributed by atoms with van der Waals surface area (Å²) in [6.45, 7) is 0.00537. The molecule has 0 aromatic heterocycles. The van der Waals surface area contributed by atoms with Gasteiger partial charge in [0.25, 0.3) is 5.91 Å². The molecule has 19 heavy (non-hydrogen) atoms. The molecule has 1 amide bonds. The third-order valence-electron chi connectivity index (χ3n) is 2.29. The number of halogens is 2. The summed E-state index contributed by atoms with van der Waals surface area (Å²) >= 11 is 11.6. The summed E-state index contributed by atoms with van der Waals surface area (Å²) in [6.07, 6.45) is 0. The van der Waals surface area contributed by atoms with Gasteiger partial charge in [-0.3, -0.25) is 9.59 Å². The number of hydrogen-bond donors (Lipinski definition) is 1. The van der Waals surface area contributed by atoms with Crippen molar-refractivity contribution in [3.05, 3.63) is 33.8 Å². The first kappa shape index (κ1) is 15.8. The monoisotopic (exact) mass is 305 g/mol. The molecule has 5 nitrogen and oxygen atoms in total. The van der Waals surface area contributed by atoms with Crippen molar-refractivity contribution < 1.29 is 19.4 Å². The molecular formula is C12H13Cl2NO4. The van der Waals surface area contributed by atoms with E-state index in [-0.39, 0.29) is 18.7 Å². The fraction of sp³-hybridized carbons (Fsp3) is 0.333. The average Bonchev–Trinajstić information content (AvgIpc) is 2.32. The minimum Gasteiger partial charge on any atom is -0.480 e. The molecule has 1 N–H and O–H groups in total. The zero-order valence-corrected chi connectivity index (χ0v) is 11.7. The first-order valence-electron chi connectivity index (χ1n) is 5.40. The molecule has 0 spiro atoms. The number of carboxylic acids is 1. The maximum absolute atomic E-state index is 12.2. The number of benzene rings is 1. The van der Waals surface area contributed by atoms with Crippen molar-refractivity contribution in [1.82, 2.24) is 4.90 Å². The molecule has 0 bridgehead atoms. The van der Waals surface area contributed by atoms with E-state index in [2.05, 4.69) is 0 Å². The summed E-state index contributed by atoms with van der Waals surface area (Å²) in [7, 11) is 1.47. The number of aliphatic carboxylic acids is 1. The van der Waals surface area contributed by atoms with Crippen LogP contribution in [-0.4, -0.2) is 48.7 Å². The lowest BCUT2D eigenvalue weighted by atomic mass is 10.2. The van der Waals surface area contributed by atoms with Gasteiger partial charge in [-0.25, -0.2) is 0 Å². The molecule has 0 aliphatic rings. The Morgan fingerprint density at radius 1 is 1.26 bits per heavy atom. The van der Waals surface area contributed by atoms with E-state index in [1.165, 1.54) is 25.3 Å². The van der Waals surface area contributed by atoms with Gasteiger partial charge >= 0.3 is 5.97 Å². The highest BCUT2D eigenvalue weighted by Gasteiger charge is 2.19. The zero-order valence-electron chi connectivity index (χ0n) is 10.2. The first-order chi connectivity index (χ1) is 8.93. The highest BCUT2D eigenvalue weighted by atomic mass is 35.5. The number of carboxylic acid groups (broad SMARTS) is 1. The number of hydrogen-bond acceptors (Lipinski definition) is 3. The fourth-order valence-corrected chi connectivity index (χ4v) is 2.00. The Kier molecular flexibility index (Phi) is 6.08. The molecule has 1 rings (SSSR count). The van der Waals surface area contributed by atoms with Gasteiger partial charge in [0.2, 0.25) is 0 Å². The maximum Gasteiger partial charge on any atom is 0.323 e. The summed E-state index contributed by atoms with van der Waals surface area (Å²) in [5.74, 6) is -1.55. The van der Waals surface area contributed by atoms with E-state index in [4.69, 9.17) is 33.0 Å². The van der Waals surface area contributed by atoms with Gasteiger partial charge in [-0.1, -0.05) is 23.2 Å². The number of ether oxygens (including phenoxy) is 1. The topological polar surface area (TPSA) is 66.8 Å². The number of carbonyl (C=O) groups is 2. The lowest BCUT2D eigenvalue weighted by Gasteiger charge is -2.20. The smallest absolute Gasteiger partial charge is 0.323 e. The standard InChI is InChI=1S/C12H13Cl2NO4/c1-19-3-2-15(7-11(16)17)12(18)8-4-9(13)6-10(14)5-8/h4-6H,2-3,7H2,1H3,(H,16,17). The van der Waals surface area contributed by atoms with Gasteiger partial charge in [-0.15, -0.1) is 0 Å². The molecule has 0 heterocycles. The molecule has 0 atom stereocenters. The molecular weight excluding hydrogens is 293 g/mol. The van der Waals surface area contributed by atoms with Crippen LogP contribution in [0.2, 0.25) is 10.0 Å². The predicted molar refractivity (Wildman–Crippen MR) is 71.9 cm³/mol. The van der Waals surface area contributed by atoms with E-state index in [0.29, 0.717) is 10.0 Å². The minimum absolute atomic E-state index is 0.172. The van der Waals surface area contributed by atoms with Gasteiger partial charge in [0.05, 0.1) is 6.61 Å². The predicted octanol–water partition coefficient (Wildman–Crippen LogP) is 2.17. The van der Waals surface area contributed by atoms with Crippen molar-refractivity contribution in [2.45, 2.75) is 0 Å². The van der Waals surface area contributed by atoms with E-state index >= 15 is 0 Å². The third kappa shape index (κ3) is 5.06. The molecule has 104 valence electrons. The Bertz CT molecular complexity index is 459. The molecule has 0 unspecified atom stereocenters. The van der Waals surface area contributed by atoms with Crippen molar-refractivity contribution in [2.24, 2.45) is 0 Å². The number of rotatable bonds is 6. The van der Waals surface area contributed by atoms with Crippen molar-refractivity contribution in [2.75, 3.05) is 26.8 Å². The fourth-order valence-electron chi connectivity index (χ4n) is 1.48. The summed E-state index contributed by atoms with van der Waals surface area (Å²) < 4.78 is 4.85. The molecule has 0 saturated heterocycles. The molecule has 0 aliphatic carbocycles. The SMILES string of the molecule is COCCN(CC(=O)O)C(=O)c1cc(Cl)cc(Cl)c1. The molecule has 0 radical (unpaired) electrons. The second-order valence-corrected chi connectivity index (χ2v) is 4.64. The third-order valence-corrected chi connectivity index (χ3v) is 2.72. The quantitative estimate of drug-likeness (QED) is 0.874. The second-order valence-electron chi connectivity index (χ2n) is 3.77. The Labute approximate surface area is 120 Å². The lowest BCUT2D eigenvalue weighted by Crippen LogP contribution is -2.38. The second kappa shape index (κ2) is 7.33. The zero-order chi connectivity index (χ0) is 14.4. The van der Waals surface area contributed by atoms with Crippen LogP contribution in [0.25, 0.3) is 0 Å². The first-order valence-corrected chi connectivity index (χ1v) is 6.15. The van der Waals surface area contributed by atoms with Crippen molar-refractivity contribution in [1.29, 1.82) is 0 Å². The van der Waals surface area contributed by atoms with Crippen molar-refractivity contribution in [3.63, 3.8) is 0 Å². The molecule has 0 fully saturated rings. The van der Waals surface area contributed by atoms with E-state index in [0.717, 1.165) is 4.90 Å². The van der Waals surface area contributed by atoms with Crippen LogP contribution in [0.4, 0.5) is 0 Å². The van der Waals surface area contributed by atoms with Gasteiger partial charge in [0, 0.05) is 29.3 Å². The highest BCUT2D eigenvalue weighted by Crippen LogP contribution is 2.20. The maximum atomic E-state index is 12.2. The van der Waals surface area contributed by atoms with Gasteiger partial charge in [0.1, 0.15) is 6.54 Å². The van der Waals surface area contributed by atoms with Crippen LogP contribution in [0.1, 0.15) is 10.4 Å². The van der Waals surface area contributed by atoms with Crippen molar-refractivity contribution in [3.8, 4) is 0 Å². The molecule has 7 heteroatoms. The van der Waals surface area contributed by atoms with Gasteiger partial charge in [0.15, 0.2) is 0 Å². The summed E-state index contributed by atoms with van der Waals surface area (Å²) in [6, 6.07) is 4.38. The minimum atomic E-state index is -1.10. The normalized spacial score (nSPS) is 10.3. The number of methoxy groups -OCH3 is 1. The summed E-state index contributed by atoms with van der Waals surface area (Å²) in [5, 5.41) is 9.44. The van der Waals surface area contributed by atoms with E-state index in [1.807, 2.05) is 0 Å². The van der Waals surface area contributed by atoms with Crippen LogP contribution in [0.15, 0.2) is 18.2 Å². The van der Waals surface area contributed by atoms with Crippen LogP contribution in [-0.2, 0) is 9.53 Å². The van der Waals surface area contributed by atoms with Gasteiger partial charge in [-0.2, -0.15) is 0 Å². The molecule has 1 aromatic carbocycles. The number of nitrogens with zero attached hydrogens (tertiary/aromatic N) is 1. The number of amides is 1. The van der Waals surface area contributed by atoms with E-state index < -0.39 is 18.4 Å². The molecule has 1 aromatic rings. The summed E-state index contributed by atoms with van der Waals surface area (Å²) in [4.78, 5) is 24.1. The van der Waals surface area contributed by atoms with E-state index in [1.54, 1.807) is 0 Å². The highest BCUT2D eigenvalue weighted by molar-refractivity contribution is 6.35. The Morgan fingerprint density at radius 2 is 1.84 bits per heavy atom. The Morgan fingerprint density at radius 3 is 2.32 bits per heavy atom. The van der Waals surface area contributed by atoms with Crippen LogP contribution in [0.3, 0.4) is 0 Å². The number of carbonyl (C=O) groups excluding carboxylic acids is 1. The van der Waals surface area contributed by atoms with Crippen LogP contribution >= 0.6 is 23.2 Å².